The van der Waals surface area contributed by atoms with Crippen molar-refractivity contribution in [2.45, 2.75) is 0 Å². The zero-order chi connectivity index (χ0) is 23.6. The van der Waals surface area contributed by atoms with Gasteiger partial charge in [-0.3, -0.25) is 0 Å². The Labute approximate surface area is 208 Å². The van der Waals surface area contributed by atoms with Crippen molar-refractivity contribution in [3.05, 3.63) is 126 Å². The molecule has 0 bridgehead atoms. The molecular weight excluding hydrogens is 450 g/mol. The van der Waals surface area contributed by atoms with Crippen molar-refractivity contribution in [1.29, 1.82) is 0 Å². The van der Waals surface area contributed by atoms with Crippen molar-refractivity contribution in [1.82, 2.24) is 15.0 Å². The molecule has 0 saturated carbocycles. The lowest BCUT2D eigenvalue weighted by molar-refractivity contribution is 1.07. The van der Waals surface area contributed by atoms with Crippen LogP contribution < -0.4 is 0 Å². The van der Waals surface area contributed by atoms with Crippen LogP contribution in [-0.2, 0) is 0 Å². The lowest BCUT2D eigenvalue weighted by Crippen LogP contribution is -2.01. The molecule has 3 nitrogen and oxygen atoms in total. The molecule has 166 valence electrons. The van der Waals surface area contributed by atoms with Crippen molar-refractivity contribution in [2.75, 3.05) is 0 Å². The summed E-state index contributed by atoms with van der Waals surface area (Å²) in [5.41, 5.74) is 4.82. The second-order valence-electron chi connectivity index (χ2n) is 8.29. The fourth-order valence-corrected chi connectivity index (χ4v) is 4.41. The van der Waals surface area contributed by atoms with E-state index in [-0.39, 0.29) is 0 Å². The Balaban J connectivity index is 1.59. The van der Waals surface area contributed by atoms with E-state index in [4.69, 9.17) is 26.6 Å². The van der Waals surface area contributed by atoms with Crippen LogP contribution in [0.1, 0.15) is 0 Å². The van der Waals surface area contributed by atoms with Gasteiger partial charge in [0.2, 0.25) is 0 Å². The van der Waals surface area contributed by atoms with Gasteiger partial charge in [0.05, 0.1) is 0 Å². The summed E-state index contributed by atoms with van der Waals surface area (Å²) in [6.07, 6.45) is 0. The molecule has 0 aliphatic rings. The van der Waals surface area contributed by atoms with Crippen molar-refractivity contribution in [3.63, 3.8) is 0 Å². The van der Waals surface area contributed by atoms with Crippen LogP contribution in [0.2, 0.25) is 5.02 Å². The first-order valence-electron chi connectivity index (χ1n) is 11.4. The van der Waals surface area contributed by atoms with E-state index in [0.717, 1.165) is 33.2 Å². The summed E-state index contributed by atoms with van der Waals surface area (Å²) in [6, 6.07) is 40.6. The molecule has 1 heterocycles. The highest BCUT2D eigenvalue weighted by Gasteiger charge is 2.16. The third-order valence-corrected chi connectivity index (χ3v) is 6.22. The van der Waals surface area contributed by atoms with E-state index in [0.29, 0.717) is 22.5 Å². The summed E-state index contributed by atoms with van der Waals surface area (Å²) in [5, 5.41) is 2.99. The number of rotatable bonds is 4. The second kappa shape index (κ2) is 9.13. The zero-order valence-corrected chi connectivity index (χ0v) is 19.5. The van der Waals surface area contributed by atoms with Crippen molar-refractivity contribution < 1.29 is 0 Å². The predicted molar refractivity (Wildman–Crippen MR) is 144 cm³/mol. The number of hydrogen-bond donors (Lipinski definition) is 0. The van der Waals surface area contributed by atoms with E-state index < -0.39 is 0 Å². The molecule has 6 aromatic rings. The van der Waals surface area contributed by atoms with E-state index in [2.05, 4.69) is 42.5 Å². The van der Waals surface area contributed by atoms with Crippen LogP contribution >= 0.6 is 11.6 Å². The molecule has 0 aliphatic heterocycles. The minimum atomic E-state index is 0.609. The number of aromatic nitrogens is 3. The normalized spacial score (nSPS) is 11.0. The first-order valence-corrected chi connectivity index (χ1v) is 11.8. The van der Waals surface area contributed by atoms with E-state index in [1.807, 2.05) is 78.9 Å². The van der Waals surface area contributed by atoms with Gasteiger partial charge >= 0.3 is 0 Å². The Morgan fingerprint density at radius 2 is 1.00 bits per heavy atom. The largest absolute Gasteiger partial charge is 0.208 e. The van der Waals surface area contributed by atoms with E-state index in [1.165, 1.54) is 5.39 Å². The highest BCUT2D eigenvalue weighted by atomic mass is 35.5. The molecule has 6 rings (SSSR count). The SMILES string of the molecule is Clc1ccc(-c2nc(-c3ccccc3)nc(-c3ccc4ccccc4c3)n2)c(-c2ccccc2)c1. The lowest BCUT2D eigenvalue weighted by Gasteiger charge is -2.13. The van der Waals surface area contributed by atoms with Gasteiger partial charge in [0.15, 0.2) is 17.5 Å². The molecule has 0 saturated heterocycles. The molecule has 1 aromatic heterocycles. The molecule has 0 amide bonds. The molecule has 0 atom stereocenters. The average Bonchev–Trinajstić information content (AvgIpc) is 2.93. The molecular formula is C31H20ClN3. The highest BCUT2D eigenvalue weighted by molar-refractivity contribution is 6.31. The lowest BCUT2D eigenvalue weighted by atomic mass is 9.99. The van der Waals surface area contributed by atoms with Crippen LogP contribution in [-0.4, -0.2) is 15.0 Å². The van der Waals surface area contributed by atoms with Gasteiger partial charge in [-0.2, -0.15) is 0 Å². The zero-order valence-electron chi connectivity index (χ0n) is 18.8. The minimum absolute atomic E-state index is 0.609. The maximum Gasteiger partial charge on any atom is 0.164 e. The molecule has 0 unspecified atom stereocenters. The molecule has 0 aliphatic carbocycles. The number of hydrogen-bond acceptors (Lipinski definition) is 3. The van der Waals surface area contributed by atoms with Gasteiger partial charge in [-0.15, -0.1) is 0 Å². The summed E-state index contributed by atoms with van der Waals surface area (Å²) in [5.74, 6) is 1.87. The monoisotopic (exact) mass is 469 g/mol. The van der Waals surface area contributed by atoms with Gasteiger partial charge in [0.1, 0.15) is 0 Å². The summed E-state index contributed by atoms with van der Waals surface area (Å²) >= 11 is 6.41. The Hall–Kier alpha value is -4.34. The van der Waals surface area contributed by atoms with Crippen LogP contribution in [0.4, 0.5) is 0 Å². The fourth-order valence-electron chi connectivity index (χ4n) is 4.24. The molecule has 5 aromatic carbocycles. The molecule has 0 radical (unpaired) electrons. The van der Waals surface area contributed by atoms with E-state index >= 15 is 0 Å². The van der Waals surface area contributed by atoms with Crippen LogP contribution in [0.25, 0.3) is 56.1 Å². The second-order valence-corrected chi connectivity index (χ2v) is 8.73. The van der Waals surface area contributed by atoms with Crippen LogP contribution in [0.5, 0.6) is 0 Å². The maximum atomic E-state index is 6.41. The third kappa shape index (κ3) is 4.30. The summed E-state index contributed by atoms with van der Waals surface area (Å²) in [4.78, 5) is 14.7. The molecule has 0 N–H and O–H groups in total. The van der Waals surface area contributed by atoms with Gasteiger partial charge in [0, 0.05) is 21.7 Å². The molecule has 0 fully saturated rings. The predicted octanol–water partition coefficient (Wildman–Crippen LogP) is 8.35. The van der Waals surface area contributed by atoms with Gasteiger partial charge < -0.3 is 0 Å². The molecule has 0 spiro atoms. The maximum absolute atomic E-state index is 6.41. The van der Waals surface area contributed by atoms with Crippen LogP contribution in [0.15, 0.2) is 121 Å². The van der Waals surface area contributed by atoms with Crippen LogP contribution in [0.3, 0.4) is 0 Å². The topological polar surface area (TPSA) is 38.7 Å². The first-order chi connectivity index (χ1) is 17.2. The number of nitrogens with zero attached hydrogens (tertiary/aromatic N) is 3. The quantitative estimate of drug-likeness (QED) is 0.260. The molecule has 35 heavy (non-hydrogen) atoms. The summed E-state index contributed by atoms with van der Waals surface area (Å²) < 4.78 is 0. The van der Waals surface area contributed by atoms with Crippen molar-refractivity contribution >= 4 is 22.4 Å². The highest BCUT2D eigenvalue weighted by Crippen LogP contribution is 2.34. The fraction of sp³-hybridized carbons (Fsp3) is 0. The summed E-state index contributed by atoms with van der Waals surface area (Å²) in [7, 11) is 0. The van der Waals surface area contributed by atoms with Crippen molar-refractivity contribution in [2.24, 2.45) is 0 Å². The van der Waals surface area contributed by atoms with Crippen molar-refractivity contribution in [3.8, 4) is 45.3 Å². The van der Waals surface area contributed by atoms with Gasteiger partial charge in [0.25, 0.3) is 0 Å². The molecule has 4 heteroatoms. The number of fused-ring (bicyclic) bond motifs is 1. The smallest absolute Gasteiger partial charge is 0.164 e. The summed E-state index contributed by atoms with van der Waals surface area (Å²) in [6.45, 7) is 0. The van der Waals surface area contributed by atoms with Gasteiger partial charge in [-0.05, 0) is 46.2 Å². The first kappa shape index (κ1) is 21.2. The Bertz CT molecular complexity index is 1650. The third-order valence-electron chi connectivity index (χ3n) is 5.98. The van der Waals surface area contributed by atoms with E-state index in [1.54, 1.807) is 0 Å². The average molecular weight is 470 g/mol. The Kier molecular flexibility index (Phi) is 5.53. The number of benzene rings is 5. The number of halogens is 1. The Morgan fingerprint density at radius 3 is 1.74 bits per heavy atom. The van der Waals surface area contributed by atoms with Gasteiger partial charge in [-0.1, -0.05) is 109 Å². The van der Waals surface area contributed by atoms with Crippen LogP contribution in [0, 0.1) is 0 Å². The standard InChI is InChI=1S/C31H20ClN3/c32-26-17-18-27(28(20-26)22-10-3-1-4-11-22)31-34-29(23-12-5-2-6-13-23)33-30(35-31)25-16-15-21-9-7-8-14-24(21)19-25/h1-20H. The minimum Gasteiger partial charge on any atom is -0.208 e. The van der Waals surface area contributed by atoms with Gasteiger partial charge in [-0.25, -0.2) is 15.0 Å². The Morgan fingerprint density at radius 1 is 0.400 bits per heavy atom. The van der Waals surface area contributed by atoms with E-state index in [9.17, 15) is 0 Å².